The van der Waals surface area contributed by atoms with Crippen LogP contribution in [0, 0.1) is 17.7 Å². The number of aliphatic carboxylic acids is 1. The summed E-state index contributed by atoms with van der Waals surface area (Å²) < 4.78 is 52.3. The number of hydrogen-bond donors (Lipinski definition) is 1. The van der Waals surface area contributed by atoms with E-state index in [9.17, 15) is 27.2 Å². The van der Waals surface area contributed by atoms with E-state index in [2.05, 4.69) is 15.9 Å². The van der Waals surface area contributed by atoms with Crippen LogP contribution in [-0.2, 0) is 16.0 Å². The third-order valence-corrected chi connectivity index (χ3v) is 4.53. The van der Waals surface area contributed by atoms with E-state index in [1.165, 1.54) is 12.1 Å². The summed E-state index contributed by atoms with van der Waals surface area (Å²) in [5.74, 6) is -6.62. The maximum Gasteiger partial charge on any atom is 0.394 e. The Morgan fingerprint density at radius 3 is 2.48 bits per heavy atom. The smallest absolute Gasteiger partial charge is 0.394 e. The molecule has 0 spiro atoms. The number of rotatable bonds is 3. The molecule has 1 aliphatic rings. The van der Waals surface area contributed by atoms with Crippen molar-refractivity contribution < 1.29 is 32.3 Å². The van der Waals surface area contributed by atoms with Crippen molar-refractivity contribution in [2.24, 2.45) is 11.8 Å². The molecule has 0 saturated carbocycles. The van der Waals surface area contributed by atoms with Gasteiger partial charge in [-0.05, 0) is 23.8 Å². The lowest BCUT2D eigenvalue weighted by Crippen LogP contribution is -2.34. The Morgan fingerprint density at radius 2 is 1.96 bits per heavy atom. The maximum absolute atomic E-state index is 13.2. The highest BCUT2D eigenvalue weighted by Crippen LogP contribution is 2.38. The van der Waals surface area contributed by atoms with Gasteiger partial charge in [0.2, 0.25) is 5.91 Å². The van der Waals surface area contributed by atoms with E-state index in [0.717, 1.165) is 11.0 Å². The second-order valence-electron chi connectivity index (χ2n) is 5.30. The van der Waals surface area contributed by atoms with Crippen molar-refractivity contribution in [3.05, 3.63) is 34.1 Å². The summed E-state index contributed by atoms with van der Waals surface area (Å²) in [7, 11) is 0. The molecule has 1 fully saturated rings. The molecule has 126 valence electrons. The van der Waals surface area contributed by atoms with Gasteiger partial charge in [-0.2, -0.15) is 13.2 Å². The molecule has 1 amide bonds. The zero-order chi connectivity index (χ0) is 17.4. The lowest BCUT2D eigenvalue weighted by molar-refractivity contribution is -0.188. The Morgan fingerprint density at radius 1 is 1.30 bits per heavy atom. The van der Waals surface area contributed by atoms with Gasteiger partial charge in [0.15, 0.2) is 0 Å². The number of alkyl halides is 3. The van der Waals surface area contributed by atoms with Gasteiger partial charge in [-0.3, -0.25) is 9.59 Å². The highest BCUT2D eigenvalue weighted by atomic mass is 79.9. The van der Waals surface area contributed by atoms with Crippen LogP contribution in [-0.4, -0.2) is 41.1 Å². The number of halogens is 5. The summed E-state index contributed by atoms with van der Waals surface area (Å²) in [4.78, 5) is 24.0. The summed E-state index contributed by atoms with van der Waals surface area (Å²) in [5.41, 5.74) is 0.289. The van der Waals surface area contributed by atoms with Gasteiger partial charge < -0.3 is 10.0 Å². The van der Waals surface area contributed by atoms with Crippen LogP contribution >= 0.6 is 15.9 Å². The third-order valence-electron chi connectivity index (χ3n) is 3.76. The van der Waals surface area contributed by atoms with Gasteiger partial charge in [-0.15, -0.1) is 0 Å². The molecular weight excluding hydrogens is 386 g/mol. The normalized spacial score (nSPS) is 21.5. The molecule has 0 aromatic heterocycles. The van der Waals surface area contributed by atoms with Gasteiger partial charge in [-0.25, -0.2) is 4.39 Å². The van der Waals surface area contributed by atoms with Crippen molar-refractivity contribution >= 4 is 27.8 Å². The fourth-order valence-electron chi connectivity index (χ4n) is 2.54. The first kappa shape index (κ1) is 17.7. The van der Waals surface area contributed by atoms with Gasteiger partial charge in [0.1, 0.15) is 5.82 Å². The fourth-order valence-corrected chi connectivity index (χ4v) is 2.93. The number of nitrogens with zero attached hydrogens (tertiary/aromatic N) is 1. The molecule has 2 atom stereocenters. The molecule has 1 N–H and O–H groups in total. The van der Waals surface area contributed by atoms with E-state index >= 15 is 0 Å². The number of carbonyl (C=O) groups is 2. The minimum Gasteiger partial charge on any atom is -0.481 e. The summed E-state index contributed by atoms with van der Waals surface area (Å²) in [5, 5.41) is 8.92. The van der Waals surface area contributed by atoms with Crippen LogP contribution in [0.1, 0.15) is 5.56 Å². The molecule has 0 bridgehead atoms. The molecular formula is C14H12BrF4NO3. The zero-order valence-corrected chi connectivity index (χ0v) is 13.2. The van der Waals surface area contributed by atoms with E-state index in [1.807, 2.05) is 0 Å². The molecule has 4 nitrogen and oxygen atoms in total. The summed E-state index contributed by atoms with van der Waals surface area (Å²) in [6.45, 7) is -1.21. The largest absolute Gasteiger partial charge is 0.481 e. The Labute approximate surface area is 137 Å². The van der Waals surface area contributed by atoms with E-state index < -0.39 is 48.8 Å². The average Bonchev–Trinajstić information content (AvgIpc) is 2.88. The molecule has 1 saturated heterocycles. The Kier molecular flexibility index (Phi) is 4.98. The molecule has 2 rings (SSSR count). The predicted molar refractivity (Wildman–Crippen MR) is 75.1 cm³/mol. The molecule has 1 aromatic rings. The van der Waals surface area contributed by atoms with Crippen molar-refractivity contribution in [3.8, 4) is 0 Å². The topological polar surface area (TPSA) is 57.6 Å². The molecule has 1 aliphatic heterocycles. The van der Waals surface area contributed by atoms with Gasteiger partial charge in [0.05, 0.1) is 18.3 Å². The first-order valence-corrected chi connectivity index (χ1v) is 7.40. The van der Waals surface area contributed by atoms with Crippen LogP contribution < -0.4 is 0 Å². The SMILES string of the molecule is O=C(O)[C@@H]1CN(C(=O)Cc2cc(F)ccc2Br)C[C@H]1C(F)(F)F. The van der Waals surface area contributed by atoms with Crippen molar-refractivity contribution in [1.29, 1.82) is 0 Å². The molecule has 0 unspecified atom stereocenters. The monoisotopic (exact) mass is 397 g/mol. The Balaban J connectivity index is 2.14. The average molecular weight is 398 g/mol. The molecule has 0 radical (unpaired) electrons. The molecule has 1 heterocycles. The number of amides is 1. The van der Waals surface area contributed by atoms with Crippen LogP contribution in [0.2, 0.25) is 0 Å². The Bertz CT molecular complexity index is 635. The fraction of sp³-hybridized carbons (Fsp3) is 0.429. The van der Waals surface area contributed by atoms with Crippen molar-refractivity contribution in [2.45, 2.75) is 12.6 Å². The van der Waals surface area contributed by atoms with Gasteiger partial charge in [-0.1, -0.05) is 15.9 Å². The number of carboxylic acids is 1. The highest BCUT2D eigenvalue weighted by molar-refractivity contribution is 9.10. The Hall–Kier alpha value is -1.64. The van der Waals surface area contributed by atoms with Crippen LogP contribution in [0.25, 0.3) is 0 Å². The second kappa shape index (κ2) is 6.46. The van der Waals surface area contributed by atoms with Crippen molar-refractivity contribution in [1.82, 2.24) is 4.90 Å². The highest BCUT2D eigenvalue weighted by Gasteiger charge is 2.53. The molecule has 23 heavy (non-hydrogen) atoms. The third kappa shape index (κ3) is 4.01. The van der Waals surface area contributed by atoms with Crippen molar-refractivity contribution in [3.63, 3.8) is 0 Å². The quantitative estimate of drug-likeness (QED) is 0.797. The summed E-state index contributed by atoms with van der Waals surface area (Å²) >= 11 is 3.13. The van der Waals surface area contributed by atoms with Crippen LogP contribution in [0.15, 0.2) is 22.7 Å². The minimum atomic E-state index is -4.70. The number of benzene rings is 1. The molecule has 1 aromatic carbocycles. The van der Waals surface area contributed by atoms with Crippen molar-refractivity contribution in [2.75, 3.05) is 13.1 Å². The van der Waals surface area contributed by atoms with E-state index in [1.54, 1.807) is 0 Å². The summed E-state index contributed by atoms with van der Waals surface area (Å²) in [6, 6.07) is 3.67. The zero-order valence-electron chi connectivity index (χ0n) is 11.6. The van der Waals surface area contributed by atoms with Gasteiger partial charge in [0.25, 0.3) is 0 Å². The van der Waals surface area contributed by atoms with E-state index in [-0.39, 0.29) is 12.0 Å². The van der Waals surface area contributed by atoms with Crippen LogP contribution in [0.5, 0.6) is 0 Å². The standard InChI is InChI=1S/C14H12BrF4NO3/c15-11-2-1-8(16)3-7(11)4-12(21)20-5-9(13(22)23)10(6-20)14(17,18)19/h1-3,9-10H,4-6H2,(H,22,23)/t9-,10-/m1/s1. The number of carbonyl (C=O) groups excluding carboxylic acids is 1. The van der Waals surface area contributed by atoms with Gasteiger partial charge in [0, 0.05) is 17.6 Å². The first-order valence-electron chi connectivity index (χ1n) is 6.61. The number of hydrogen-bond acceptors (Lipinski definition) is 2. The second-order valence-corrected chi connectivity index (χ2v) is 6.16. The number of likely N-dealkylation sites (tertiary alicyclic amines) is 1. The lowest BCUT2D eigenvalue weighted by atomic mass is 9.96. The minimum absolute atomic E-state index is 0.289. The molecule has 9 heteroatoms. The predicted octanol–water partition coefficient (Wildman–Crippen LogP) is 2.85. The van der Waals surface area contributed by atoms with Crippen LogP contribution in [0.3, 0.4) is 0 Å². The number of carboxylic acid groups (broad SMARTS) is 1. The molecule has 0 aliphatic carbocycles. The summed E-state index contributed by atoms with van der Waals surface area (Å²) in [6.07, 6.45) is -5.01. The maximum atomic E-state index is 13.2. The lowest BCUT2D eigenvalue weighted by Gasteiger charge is -2.18. The first-order chi connectivity index (χ1) is 10.6. The van der Waals surface area contributed by atoms with Crippen LogP contribution in [0.4, 0.5) is 17.6 Å². The van der Waals surface area contributed by atoms with E-state index in [0.29, 0.717) is 4.47 Å². The van der Waals surface area contributed by atoms with E-state index in [4.69, 9.17) is 5.11 Å². The van der Waals surface area contributed by atoms with Gasteiger partial charge >= 0.3 is 12.1 Å².